The number of nitrogens with one attached hydrogen (secondary N) is 1. The quantitative estimate of drug-likeness (QED) is 0.772. The Balaban J connectivity index is 1.54. The van der Waals surface area contributed by atoms with Crippen LogP contribution in [0.5, 0.6) is 5.75 Å². The van der Waals surface area contributed by atoms with Gasteiger partial charge in [-0.25, -0.2) is 0 Å². The normalized spacial score (nSPS) is 16.4. The van der Waals surface area contributed by atoms with Gasteiger partial charge in [0, 0.05) is 36.2 Å². The van der Waals surface area contributed by atoms with Crippen LogP contribution >= 0.6 is 0 Å². The summed E-state index contributed by atoms with van der Waals surface area (Å²) in [5.41, 5.74) is 3.72. The summed E-state index contributed by atoms with van der Waals surface area (Å²) < 4.78 is 5.96. The Hall–Kier alpha value is -2.82. The van der Waals surface area contributed by atoms with Gasteiger partial charge in [0.15, 0.2) is 0 Å². The van der Waals surface area contributed by atoms with Crippen molar-refractivity contribution in [2.24, 2.45) is 5.92 Å². The number of nitrogens with zero attached hydrogens (tertiary/aromatic N) is 1. The summed E-state index contributed by atoms with van der Waals surface area (Å²) in [6, 6.07) is 13.2. The fourth-order valence-electron chi connectivity index (χ4n) is 3.70. The number of hydrogen-bond acceptors (Lipinski definition) is 3. The summed E-state index contributed by atoms with van der Waals surface area (Å²) in [6.07, 6.45) is 2.03. The molecule has 5 heteroatoms. The summed E-state index contributed by atoms with van der Waals surface area (Å²) in [4.78, 5) is 26.9. The fraction of sp³-hybridized carbons (Fsp3) is 0.440. The van der Waals surface area contributed by atoms with Gasteiger partial charge in [0.2, 0.25) is 0 Å². The number of carbonyl (C=O) groups excluding carboxylic acids is 2. The van der Waals surface area contributed by atoms with Crippen LogP contribution in [0.3, 0.4) is 0 Å². The number of ether oxygens (including phenoxy) is 1. The molecule has 30 heavy (non-hydrogen) atoms. The molecule has 1 heterocycles. The first-order chi connectivity index (χ1) is 14.3. The van der Waals surface area contributed by atoms with Gasteiger partial charge in [-0.15, -0.1) is 0 Å². The van der Waals surface area contributed by atoms with Crippen molar-refractivity contribution in [1.82, 2.24) is 10.2 Å². The van der Waals surface area contributed by atoms with Gasteiger partial charge in [0.05, 0.1) is 6.61 Å². The van der Waals surface area contributed by atoms with E-state index in [1.54, 1.807) is 12.1 Å². The van der Waals surface area contributed by atoms with Crippen LogP contribution in [-0.4, -0.2) is 42.5 Å². The highest BCUT2D eigenvalue weighted by Gasteiger charge is 2.25. The molecule has 1 fully saturated rings. The average molecular weight is 409 g/mol. The number of aryl methyl sites for hydroxylation is 2. The second-order valence-electron chi connectivity index (χ2n) is 8.52. The third-order valence-corrected chi connectivity index (χ3v) is 5.58. The molecule has 0 radical (unpaired) electrons. The number of hydrogen-bond donors (Lipinski definition) is 1. The van der Waals surface area contributed by atoms with Crippen LogP contribution in [0.4, 0.5) is 0 Å². The summed E-state index contributed by atoms with van der Waals surface area (Å²) in [6.45, 7) is 10.0. The molecule has 5 nitrogen and oxygen atoms in total. The third-order valence-electron chi connectivity index (χ3n) is 5.58. The summed E-state index contributed by atoms with van der Waals surface area (Å²) >= 11 is 0. The minimum atomic E-state index is -0.0793. The van der Waals surface area contributed by atoms with E-state index in [0.717, 1.165) is 36.3 Å². The maximum absolute atomic E-state index is 12.9. The standard InChI is InChI=1S/C25H32N2O3/c1-17(2)26-24(28)21-9-11-23(12-10-21)30-16-20-6-5-13-27(15-20)25(29)22-8-7-18(3)19(4)14-22/h7-12,14,17,20H,5-6,13,15-16H2,1-4H3,(H,26,28)/t20-/m0/s1. The van der Waals surface area contributed by atoms with Gasteiger partial charge in [-0.3, -0.25) is 9.59 Å². The van der Waals surface area contributed by atoms with E-state index in [9.17, 15) is 9.59 Å². The third kappa shape index (κ3) is 5.62. The van der Waals surface area contributed by atoms with Crippen LogP contribution in [0.2, 0.25) is 0 Å². The molecule has 2 aromatic carbocycles. The topological polar surface area (TPSA) is 58.6 Å². The van der Waals surface area contributed by atoms with Crippen LogP contribution < -0.4 is 10.1 Å². The van der Waals surface area contributed by atoms with E-state index in [1.807, 2.05) is 56.0 Å². The van der Waals surface area contributed by atoms with Gasteiger partial charge in [0.1, 0.15) is 5.75 Å². The lowest BCUT2D eigenvalue weighted by atomic mass is 9.97. The lowest BCUT2D eigenvalue weighted by Crippen LogP contribution is -2.41. The Morgan fingerprint density at radius 2 is 1.77 bits per heavy atom. The number of benzene rings is 2. The highest BCUT2D eigenvalue weighted by Crippen LogP contribution is 2.21. The number of piperidine rings is 1. The van der Waals surface area contributed by atoms with E-state index in [0.29, 0.717) is 24.6 Å². The number of carbonyl (C=O) groups is 2. The largest absolute Gasteiger partial charge is 0.493 e. The second-order valence-corrected chi connectivity index (χ2v) is 8.52. The van der Waals surface area contributed by atoms with Gasteiger partial charge < -0.3 is 15.0 Å². The van der Waals surface area contributed by atoms with E-state index >= 15 is 0 Å². The number of likely N-dealkylation sites (tertiary alicyclic amines) is 1. The lowest BCUT2D eigenvalue weighted by Gasteiger charge is -2.33. The highest BCUT2D eigenvalue weighted by atomic mass is 16.5. The molecular formula is C25H32N2O3. The van der Waals surface area contributed by atoms with Crippen LogP contribution in [0.25, 0.3) is 0 Å². The van der Waals surface area contributed by atoms with Gasteiger partial charge in [-0.05, 0) is 88.1 Å². The van der Waals surface area contributed by atoms with Crippen molar-refractivity contribution in [2.75, 3.05) is 19.7 Å². The van der Waals surface area contributed by atoms with Crippen molar-refractivity contribution in [3.8, 4) is 5.75 Å². The summed E-state index contributed by atoms with van der Waals surface area (Å²) in [5.74, 6) is 1.07. The molecule has 1 saturated heterocycles. The van der Waals surface area contributed by atoms with Crippen molar-refractivity contribution in [3.63, 3.8) is 0 Å². The first kappa shape index (κ1) is 21.9. The maximum Gasteiger partial charge on any atom is 0.253 e. The van der Waals surface area contributed by atoms with Gasteiger partial charge in [-0.2, -0.15) is 0 Å². The molecule has 1 N–H and O–H groups in total. The molecule has 0 saturated carbocycles. The van der Waals surface area contributed by atoms with Crippen molar-refractivity contribution < 1.29 is 14.3 Å². The second kappa shape index (κ2) is 9.79. The summed E-state index contributed by atoms with van der Waals surface area (Å²) in [5, 5.41) is 2.88. The van der Waals surface area contributed by atoms with Crippen LogP contribution in [-0.2, 0) is 0 Å². The molecule has 160 valence electrons. The zero-order valence-electron chi connectivity index (χ0n) is 18.4. The van der Waals surface area contributed by atoms with E-state index in [1.165, 1.54) is 5.56 Å². The smallest absolute Gasteiger partial charge is 0.253 e. The van der Waals surface area contributed by atoms with Crippen LogP contribution in [0, 0.1) is 19.8 Å². The van der Waals surface area contributed by atoms with E-state index in [-0.39, 0.29) is 17.9 Å². The van der Waals surface area contributed by atoms with Gasteiger partial charge in [0.25, 0.3) is 11.8 Å². The van der Waals surface area contributed by atoms with Crippen LogP contribution in [0.1, 0.15) is 58.5 Å². The molecule has 0 aromatic heterocycles. The Labute approximate surface area is 179 Å². The predicted molar refractivity (Wildman–Crippen MR) is 119 cm³/mol. The van der Waals surface area contributed by atoms with Crippen molar-refractivity contribution in [2.45, 2.75) is 46.6 Å². The Morgan fingerprint density at radius 3 is 2.43 bits per heavy atom. The first-order valence-electron chi connectivity index (χ1n) is 10.7. The molecule has 2 amide bonds. The molecule has 0 aliphatic carbocycles. The minimum Gasteiger partial charge on any atom is -0.493 e. The average Bonchev–Trinajstić information content (AvgIpc) is 2.74. The molecule has 1 aliphatic heterocycles. The van der Waals surface area contributed by atoms with E-state index < -0.39 is 0 Å². The van der Waals surface area contributed by atoms with E-state index in [2.05, 4.69) is 12.2 Å². The van der Waals surface area contributed by atoms with Crippen LogP contribution in [0.15, 0.2) is 42.5 Å². The van der Waals surface area contributed by atoms with Crippen molar-refractivity contribution >= 4 is 11.8 Å². The Kier molecular flexibility index (Phi) is 7.14. The molecule has 1 atom stereocenters. The molecule has 0 spiro atoms. The van der Waals surface area contributed by atoms with Gasteiger partial charge >= 0.3 is 0 Å². The van der Waals surface area contributed by atoms with Crippen molar-refractivity contribution in [1.29, 1.82) is 0 Å². The fourth-order valence-corrected chi connectivity index (χ4v) is 3.70. The zero-order valence-corrected chi connectivity index (χ0v) is 18.4. The highest BCUT2D eigenvalue weighted by molar-refractivity contribution is 5.95. The molecular weight excluding hydrogens is 376 g/mol. The van der Waals surface area contributed by atoms with Gasteiger partial charge in [-0.1, -0.05) is 6.07 Å². The SMILES string of the molecule is Cc1ccc(C(=O)N2CCC[C@H](COc3ccc(C(=O)NC(C)C)cc3)C2)cc1C. The predicted octanol–water partition coefficient (Wildman–Crippen LogP) is 4.37. The molecule has 0 bridgehead atoms. The molecule has 3 rings (SSSR count). The molecule has 0 unspecified atom stereocenters. The summed E-state index contributed by atoms with van der Waals surface area (Å²) in [7, 11) is 0. The van der Waals surface area contributed by atoms with Crippen molar-refractivity contribution in [3.05, 3.63) is 64.7 Å². The Bertz CT molecular complexity index is 890. The maximum atomic E-state index is 12.9. The monoisotopic (exact) mass is 408 g/mol. The zero-order chi connectivity index (χ0) is 21.7. The first-order valence-corrected chi connectivity index (χ1v) is 10.7. The number of amides is 2. The lowest BCUT2D eigenvalue weighted by molar-refractivity contribution is 0.0633. The van der Waals surface area contributed by atoms with E-state index in [4.69, 9.17) is 4.74 Å². The Morgan fingerprint density at radius 1 is 1.07 bits per heavy atom. The number of rotatable bonds is 6. The molecule has 1 aliphatic rings. The molecule has 2 aromatic rings. The minimum absolute atomic E-state index is 0.0793.